The van der Waals surface area contributed by atoms with Crippen LogP contribution in [-0.2, 0) is 0 Å². The van der Waals surface area contributed by atoms with Crippen LogP contribution in [0.5, 0.6) is 0 Å². The van der Waals surface area contributed by atoms with E-state index in [-0.39, 0.29) is 17.7 Å². The van der Waals surface area contributed by atoms with Gasteiger partial charge in [-0.2, -0.15) is 0 Å². The van der Waals surface area contributed by atoms with Gasteiger partial charge in [0, 0.05) is 48.2 Å². The van der Waals surface area contributed by atoms with Gasteiger partial charge in [0.25, 0.3) is 11.8 Å². The minimum Gasteiger partial charge on any atom is -0.360 e. The highest BCUT2D eigenvalue weighted by Crippen LogP contribution is 2.28. The number of carbonyl (C=O) groups excluding carboxylic acids is 2. The fraction of sp³-hybridized carbons (Fsp3) is 0.152. The normalized spacial score (nSPS) is 11.0. The number of hydrogen-bond donors (Lipinski definition) is 2. The number of aromatic nitrogens is 1. The zero-order chi connectivity index (χ0) is 26.2. The predicted molar refractivity (Wildman–Crippen MR) is 152 cm³/mol. The van der Waals surface area contributed by atoms with Gasteiger partial charge in [-0.15, -0.1) is 0 Å². The summed E-state index contributed by atoms with van der Waals surface area (Å²) >= 11 is 0. The lowest BCUT2D eigenvalue weighted by atomic mass is 9.88. The van der Waals surface area contributed by atoms with Crippen LogP contribution in [0.3, 0.4) is 0 Å². The number of hydrogen-bond acceptors (Lipinski definition) is 2. The first kappa shape index (κ1) is 25.0. The van der Waals surface area contributed by atoms with Crippen LogP contribution in [0.2, 0.25) is 0 Å². The zero-order valence-corrected chi connectivity index (χ0v) is 21.2. The average Bonchev–Trinajstić information content (AvgIpc) is 3.42. The maximum absolute atomic E-state index is 13.5. The molecule has 2 amide bonds. The Labute approximate surface area is 223 Å². The molecule has 190 valence electrons. The van der Waals surface area contributed by atoms with Gasteiger partial charge < -0.3 is 15.2 Å². The summed E-state index contributed by atoms with van der Waals surface area (Å²) in [6.45, 7) is 1.33. The average molecular weight is 502 g/mol. The van der Waals surface area contributed by atoms with Gasteiger partial charge >= 0.3 is 0 Å². The first-order valence-corrected chi connectivity index (χ1v) is 13.0. The molecule has 0 atom stereocenters. The molecule has 5 aromatic rings. The van der Waals surface area contributed by atoms with E-state index < -0.39 is 0 Å². The van der Waals surface area contributed by atoms with Crippen molar-refractivity contribution in [1.82, 2.24) is 15.2 Å². The summed E-state index contributed by atoms with van der Waals surface area (Å²) in [5, 5.41) is 3.90. The van der Waals surface area contributed by atoms with Crippen molar-refractivity contribution in [2.24, 2.45) is 0 Å². The molecule has 5 nitrogen and oxygen atoms in total. The number of fused-ring (bicyclic) bond motifs is 1. The van der Waals surface area contributed by atoms with Gasteiger partial charge in [-0.1, -0.05) is 97.1 Å². The van der Waals surface area contributed by atoms with E-state index in [1.165, 1.54) is 11.1 Å². The Bertz CT molecular complexity index is 1440. The molecule has 4 aromatic carbocycles. The predicted octanol–water partition coefficient (Wildman–Crippen LogP) is 6.26. The highest BCUT2D eigenvalue weighted by Gasteiger charge is 2.20. The van der Waals surface area contributed by atoms with Crippen LogP contribution < -0.4 is 5.32 Å². The van der Waals surface area contributed by atoms with Crippen molar-refractivity contribution in [1.29, 1.82) is 0 Å². The van der Waals surface area contributed by atoms with Gasteiger partial charge in [-0.05, 0) is 35.7 Å². The maximum Gasteiger partial charge on any atom is 0.253 e. The van der Waals surface area contributed by atoms with Gasteiger partial charge in [0.05, 0.1) is 5.56 Å². The Morgan fingerprint density at radius 3 is 1.95 bits per heavy atom. The molecule has 38 heavy (non-hydrogen) atoms. The van der Waals surface area contributed by atoms with Crippen LogP contribution in [0.15, 0.2) is 121 Å². The van der Waals surface area contributed by atoms with Crippen LogP contribution in [-0.4, -0.2) is 41.3 Å². The third kappa shape index (κ3) is 5.84. The smallest absolute Gasteiger partial charge is 0.253 e. The summed E-state index contributed by atoms with van der Waals surface area (Å²) in [7, 11) is 0. The molecule has 0 spiro atoms. The molecular weight excluding hydrogens is 470 g/mol. The van der Waals surface area contributed by atoms with Crippen molar-refractivity contribution in [3.05, 3.63) is 144 Å². The van der Waals surface area contributed by atoms with E-state index in [9.17, 15) is 9.59 Å². The van der Waals surface area contributed by atoms with E-state index in [0.717, 1.165) is 17.3 Å². The molecule has 0 saturated carbocycles. The van der Waals surface area contributed by atoms with Crippen LogP contribution >= 0.6 is 0 Å². The van der Waals surface area contributed by atoms with Gasteiger partial charge in [-0.25, -0.2) is 0 Å². The van der Waals surface area contributed by atoms with Crippen molar-refractivity contribution in [3.8, 4) is 0 Å². The van der Waals surface area contributed by atoms with Gasteiger partial charge in [0.2, 0.25) is 0 Å². The third-order valence-electron chi connectivity index (χ3n) is 6.90. The van der Waals surface area contributed by atoms with E-state index in [1.54, 1.807) is 6.20 Å². The number of H-pyrrole nitrogens is 1. The summed E-state index contributed by atoms with van der Waals surface area (Å²) in [6.07, 6.45) is 2.50. The van der Waals surface area contributed by atoms with Crippen molar-refractivity contribution in [3.63, 3.8) is 0 Å². The summed E-state index contributed by atoms with van der Waals surface area (Å²) in [5.41, 5.74) is 4.62. The molecule has 2 N–H and O–H groups in total. The minimum atomic E-state index is -0.152. The first-order chi connectivity index (χ1) is 18.7. The standard InChI is InChI=1S/C33H31N3O2/c37-32(30-24-35-31-19-11-10-18-29(30)31)34-21-23-36(33(38)27-16-8-3-9-17-27)22-20-28(25-12-4-1-5-13-25)26-14-6-2-7-15-26/h1-19,24,28,35H,20-23H2,(H,34,37). The van der Waals surface area contributed by atoms with Crippen LogP contribution in [0.4, 0.5) is 0 Å². The van der Waals surface area contributed by atoms with Crippen LogP contribution in [0.1, 0.15) is 44.2 Å². The highest BCUT2D eigenvalue weighted by atomic mass is 16.2. The second-order valence-corrected chi connectivity index (χ2v) is 9.32. The number of rotatable bonds is 10. The number of amides is 2. The molecule has 0 aliphatic heterocycles. The van der Waals surface area contributed by atoms with E-state index in [4.69, 9.17) is 0 Å². The third-order valence-corrected chi connectivity index (χ3v) is 6.90. The Morgan fingerprint density at radius 2 is 1.29 bits per heavy atom. The Hall–Kier alpha value is -4.64. The Balaban J connectivity index is 1.31. The van der Waals surface area contributed by atoms with Gasteiger partial charge in [0.15, 0.2) is 0 Å². The lowest BCUT2D eigenvalue weighted by molar-refractivity contribution is 0.0745. The van der Waals surface area contributed by atoms with Gasteiger partial charge in [0.1, 0.15) is 0 Å². The molecule has 5 rings (SSSR count). The molecule has 0 aliphatic carbocycles. The van der Waals surface area contributed by atoms with Gasteiger partial charge in [-0.3, -0.25) is 9.59 Å². The summed E-state index contributed by atoms with van der Waals surface area (Å²) in [4.78, 5) is 31.5. The molecule has 0 saturated heterocycles. The topological polar surface area (TPSA) is 65.2 Å². The lowest BCUT2D eigenvalue weighted by Crippen LogP contribution is -2.39. The number of nitrogens with one attached hydrogen (secondary N) is 2. The van der Waals surface area contributed by atoms with Crippen LogP contribution in [0, 0.1) is 0 Å². The number of aromatic amines is 1. The lowest BCUT2D eigenvalue weighted by Gasteiger charge is -2.26. The van der Waals surface area contributed by atoms with E-state index in [2.05, 4.69) is 58.8 Å². The molecule has 1 aromatic heterocycles. The number of carbonyl (C=O) groups is 2. The maximum atomic E-state index is 13.5. The van der Waals surface area contributed by atoms with Crippen molar-refractivity contribution in [2.75, 3.05) is 19.6 Å². The number of nitrogens with zero attached hydrogens (tertiary/aromatic N) is 1. The first-order valence-electron chi connectivity index (χ1n) is 13.0. The molecule has 0 fully saturated rings. The van der Waals surface area contributed by atoms with Crippen molar-refractivity contribution >= 4 is 22.7 Å². The minimum absolute atomic E-state index is 0.0354. The summed E-state index contributed by atoms with van der Waals surface area (Å²) in [6, 6.07) is 37.9. The zero-order valence-electron chi connectivity index (χ0n) is 21.2. The van der Waals surface area contributed by atoms with E-state index in [1.807, 2.05) is 71.6 Å². The molecule has 0 radical (unpaired) electrons. The highest BCUT2D eigenvalue weighted by molar-refractivity contribution is 6.06. The van der Waals surface area contributed by atoms with E-state index >= 15 is 0 Å². The summed E-state index contributed by atoms with van der Waals surface area (Å²) in [5.74, 6) is -0.0305. The number of benzene rings is 4. The Kier molecular flexibility index (Phi) is 7.95. The largest absolute Gasteiger partial charge is 0.360 e. The second kappa shape index (κ2) is 12.1. The van der Waals surface area contributed by atoms with Crippen molar-refractivity contribution in [2.45, 2.75) is 12.3 Å². The second-order valence-electron chi connectivity index (χ2n) is 9.32. The Morgan fingerprint density at radius 1 is 0.711 bits per heavy atom. The SMILES string of the molecule is O=C(NCCN(CCC(c1ccccc1)c1ccccc1)C(=O)c1ccccc1)c1c[nH]c2ccccc12. The quantitative estimate of drug-likeness (QED) is 0.237. The van der Waals surface area contributed by atoms with E-state index in [0.29, 0.717) is 30.8 Å². The molecular formula is C33H31N3O2. The molecule has 0 bridgehead atoms. The molecule has 0 unspecified atom stereocenters. The summed E-state index contributed by atoms with van der Waals surface area (Å²) < 4.78 is 0. The molecule has 1 heterocycles. The monoisotopic (exact) mass is 501 g/mol. The fourth-order valence-electron chi connectivity index (χ4n) is 4.92. The van der Waals surface area contributed by atoms with Crippen LogP contribution in [0.25, 0.3) is 10.9 Å². The molecule has 5 heteroatoms. The fourth-order valence-corrected chi connectivity index (χ4v) is 4.92. The number of para-hydroxylation sites is 1. The molecule has 0 aliphatic rings. The van der Waals surface area contributed by atoms with Crippen molar-refractivity contribution < 1.29 is 9.59 Å².